The van der Waals surface area contributed by atoms with Crippen molar-refractivity contribution < 1.29 is 8.42 Å². The van der Waals surface area contributed by atoms with Gasteiger partial charge in [-0.15, -0.1) is 0 Å². The Balaban J connectivity index is 1.69. The van der Waals surface area contributed by atoms with Crippen molar-refractivity contribution in [2.24, 2.45) is 5.92 Å². The summed E-state index contributed by atoms with van der Waals surface area (Å²) >= 11 is 6.06. The molecular weight excluding hydrogens is 430 g/mol. The van der Waals surface area contributed by atoms with Gasteiger partial charge in [-0.05, 0) is 79.6 Å². The van der Waals surface area contributed by atoms with E-state index < -0.39 is 10.0 Å². The van der Waals surface area contributed by atoms with Gasteiger partial charge < -0.3 is 4.57 Å². The van der Waals surface area contributed by atoms with E-state index in [9.17, 15) is 8.42 Å². The van der Waals surface area contributed by atoms with Crippen LogP contribution in [0.1, 0.15) is 35.4 Å². The van der Waals surface area contributed by atoms with Crippen LogP contribution in [0.25, 0.3) is 17.1 Å². The summed E-state index contributed by atoms with van der Waals surface area (Å²) in [5.41, 5.74) is 5.67. The lowest BCUT2D eigenvalue weighted by Gasteiger charge is -2.29. The van der Waals surface area contributed by atoms with Gasteiger partial charge in [0.25, 0.3) is 0 Å². The molecule has 0 aliphatic carbocycles. The van der Waals surface area contributed by atoms with E-state index in [1.165, 1.54) is 17.4 Å². The van der Waals surface area contributed by atoms with E-state index in [0.29, 0.717) is 19.6 Å². The lowest BCUT2D eigenvalue weighted by Crippen LogP contribution is -2.38. The fourth-order valence-electron chi connectivity index (χ4n) is 4.12. The van der Waals surface area contributed by atoms with Crippen LogP contribution in [0.4, 0.5) is 0 Å². The van der Waals surface area contributed by atoms with Crippen LogP contribution in [-0.4, -0.2) is 41.6 Å². The van der Waals surface area contributed by atoms with Gasteiger partial charge in [0, 0.05) is 24.7 Å². The smallest absolute Gasteiger partial charge is 0.211 e. The Hall–Kier alpha value is -2.15. The lowest BCUT2D eigenvalue weighted by molar-refractivity contribution is 0.303. The summed E-state index contributed by atoms with van der Waals surface area (Å²) in [4.78, 5) is 4.90. The zero-order chi connectivity index (χ0) is 22.2. The van der Waals surface area contributed by atoms with E-state index in [2.05, 4.69) is 42.7 Å². The number of aryl methyl sites for hydroxylation is 2. The zero-order valence-electron chi connectivity index (χ0n) is 18.2. The molecule has 0 spiro atoms. The summed E-state index contributed by atoms with van der Waals surface area (Å²) in [6.07, 6.45) is 7.32. The van der Waals surface area contributed by atoms with Gasteiger partial charge in [0.2, 0.25) is 10.0 Å². The molecule has 7 heteroatoms. The number of halogens is 1. The Bertz CT molecular complexity index is 1230. The first kappa shape index (κ1) is 22.1. The molecule has 1 aliphatic rings. The van der Waals surface area contributed by atoms with Crippen LogP contribution < -0.4 is 0 Å². The molecule has 1 saturated heterocycles. The van der Waals surface area contributed by atoms with Crippen LogP contribution in [-0.2, 0) is 16.6 Å². The number of piperidine rings is 1. The van der Waals surface area contributed by atoms with Crippen LogP contribution in [0.3, 0.4) is 0 Å². The second-order valence-corrected chi connectivity index (χ2v) is 10.9. The molecular formula is C24H28ClN3O2S. The Morgan fingerprint density at radius 3 is 2.58 bits per heavy atom. The molecule has 5 nitrogen and oxygen atoms in total. The Kier molecular flexibility index (Phi) is 6.24. The van der Waals surface area contributed by atoms with Crippen LogP contribution >= 0.6 is 11.6 Å². The SMILES string of the molecule is Cc1cc2nc(C=CC3CCCN(S(C)(=O)=O)C3)n(Cc3ccc(Cl)cc3)c2cc1C. The average molecular weight is 458 g/mol. The number of aromatic nitrogens is 2. The minimum Gasteiger partial charge on any atom is -0.320 e. The van der Waals surface area contributed by atoms with E-state index in [4.69, 9.17) is 16.6 Å². The third-order valence-corrected chi connectivity index (χ3v) is 7.58. The van der Waals surface area contributed by atoms with Crippen molar-refractivity contribution >= 4 is 38.7 Å². The van der Waals surface area contributed by atoms with Crippen molar-refractivity contribution in [1.29, 1.82) is 0 Å². The van der Waals surface area contributed by atoms with Crippen molar-refractivity contribution in [2.45, 2.75) is 33.2 Å². The highest BCUT2D eigenvalue weighted by molar-refractivity contribution is 7.88. The summed E-state index contributed by atoms with van der Waals surface area (Å²) in [7, 11) is -3.16. The first-order valence-electron chi connectivity index (χ1n) is 10.6. The molecule has 1 aliphatic heterocycles. The molecule has 1 unspecified atom stereocenters. The Labute approximate surface area is 189 Å². The zero-order valence-corrected chi connectivity index (χ0v) is 19.7. The van der Waals surface area contributed by atoms with Crippen molar-refractivity contribution in [3.63, 3.8) is 0 Å². The van der Waals surface area contributed by atoms with Crippen LogP contribution in [0, 0.1) is 19.8 Å². The van der Waals surface area contributed by atoms with Crippen molar-refractivity contribution in [3.05, 3.63) is 70.0 Å². The molecule has 0 saturated carbocycles. The highest BCUT2D eigenvalue weighted by atomic mass is 35.5. The molecule has 164 valence electrons. The van der Waals surface area contributed by atoms with Crippen molar-refractivity contribution in [2.75, 3.05) is 19.3 Å². The normalized spacial score (nSPS) is 18.3. The fraction of sp³-hybridized carbons (Fsp3) is 0.375. The Morgan fingerprint density at radius 1 is 1.16 bits per heavy atom. The standard InChI is InChI=1S/C24H28ClN3O2S/c1-17-13-22-23(14-18(17)2)28(16-20-6-9-21(25)10-7-20)24(26-22)11-8-19-5-4-12-27(15-19)31(3,29)30/h6-11,13-14,19H,4-5,12,15-16H2,1-3H3. The number of hydrogen-bond donors (Lipinski definition) is 0. The van der Waals surface area contributed by atoms with Gasteiger partial charge in [0.15, 0.2) is 0 Å². The van der Waals surface area contributed by atoms with Crippen LogP contribution in [0.5, 0.6) is 0 Å². The maximum Gasteiger partial charge on any atom is 0.211 e. The lowest BCUT2D eigenvalue weighted by atomic mass is 9.99. The quantitative estimate of drug-likeness (QED) is 0.539. The molecule has 2 heterocycles. The summed E-state index contributed by atoms with van der Waals surface area (Å²) in [6, 6.07) is 12.2. The summed E-state index contributed by atoms with van der Waals surface area (Å²) in [6.45, 7) is 6.05. The fourth-order valence-corrected chi connectivity index (χ4v) is 5.17. The number of hydrogen-bond acceptors (Lipinski definition) is 3. The van der Waals surface area contributed by atoms with E-state index >= 15 is 0 Å². The minimum atomic E-state index is -3.16. The first-order valence-corrected chi connectivity index (χ1v) is 12.8. The molecule has 0 bridgehead atoms. The van der Waals surface area contributed by atoms with E-state index in [1.807, 2.05) is 24.3 Å². The van der Waals surface area contributed by atoms with Gasteiger partial charge in [-0.2, -0.15) is 0 Å². The highest BCUT2D eigenvalue weighted by Crippen LogP contribution is 2.25. The monoisotopic (exact) mass is 457 g/mol. The van der Waals surface area contributed by atoms with E-state index in [0.717, 1.165) is 40.3 Å². The topological polar surface area (TPSA) is 55.2 Å². The van der Waals surface area contributed by atoms with Gasteiger partial charge in [0.05, 0.1) is 17.3 Å². The molecule has 1 fully saturated rings. The van der Waals surface area contributed by atoms with Crippen molar-refractivity contribution in [3.8, 4) is 0 Å². The molecule has 0 N–H and O–H groups in total. The molecule has 0 amide bonds. The summed E-state index contributed by atoms with van der Waals surface area (Å²) in [5.74, 6) is 1.07. The van der Waals surface area contributed by atoms with E-state index in [1.54, 1.807) is 4.31 Å². The predicted molar refractivity (Wildman–Crippen MR) is 128 cm³/mol. The number of fused-ring (bicyclic) bond motifs is 1. The number of nitrogens with zero attached hydrogens (tertiary/aromatic N) is 3. The van der Waals surface area contributed by atoms with Gasteiger partial charge in [-0.3, -0.25) is 0 Å². The molecule has 2 aromatic carbocycles. The molecule has 31 heavy (non-hydrogen) atoms. The highest BCUT2D eigenvalue weighted by Gasteiger charge is 2.24. The third kappa shape index (κ3) is 5.03. The summed E-state index contributed by atoms with van der Waals surface area (Å²) in [5, 5.41) is 0.721. The Morgan fingerprint density at radius 2 is 1.87 bits per heavy atom. The first-order chi connectivity index (χ1) is 14.7. The number of benzene rings is 2. The number of imidazole rings is 1. The van der Waals surface area contributed by atoms with Gasteiger partial charge >= 0.3 is 0 Å². The second-order valence-electron chi connectivity index (χ2n) is 8.49. The average Bonchev–Trinajstić information content (AvgIpc) is 3.04. The maximum absolute atomic E-state index is 11.9. The van der Waals surface area contributed by atoms with Gasteiger partial charge in [0.1, 0.15) is 5.82 Å². The minimum absolute atomic E-state index is 0.191. The van der Waals surface area contributed by atoms with Crippen LogP contribution in [0.15, 0.2) is 42.5 Å². The van der Waals surface area contributed by atoms with Crippen LogP contribution in [0.2, 0.25) is 5.02 Å². The predicted octanol–water partition coefficient (Wildman–Crippen LogP) is 5.04. The molecule has 3 aromatic rings. The van der Waals surface area contributed by atoms with Gasteiger partial charge in [-0.1, -0.05) is 29.8 Å². The van der Waals surface area contributed by atoms with Gasteiger partial charge in [-0.25, -0.2) is 17.7 Å². The third-order valence-electron chi connectivity index (χ3n) is 6.05. The second kappa shape index (κ2) is 8.77. The summed E-state index contributed by atoms with van der Waals surface area (Å²) < 4.78 is 27.7. The number of rotatable bonds is 5. The molecule has 0 radical (unpaired) electrons. The van der Waals surface area contributed by atoms with Crippen molar-refractivity contribution in [1.82, 2.24) is 13.9 Å². The largest absolute Gasteiger partial charge is 0.320 e. The molecule has 1 atom stereocenters. The number of sulfonamides is 1. The molecule has 1 aromatic heterocycles. The maximum atomic E-state index is 11.9. The van der Waals surface area contributed by atoms with E-state index in [-0.39, 0.29) is 5.92 Å². The molecule has 4 rings (SSSR count).